The van der Waals surface area contributed by atoms with Crippen molar-refractivity contribution in [2.75, 3.05) is 0 Å². The molecule has 4 aromatic carbocycles. The highest BCUT2D eigenvalue weighted by Crippen LogP contribution is 2.38. The minimum absolute atomic E-state index is 0.555. The molecule has 0 saturated heterocycles. The Balaban J connectivity index is 1.46. The molecule has 0 saturated carbocycles. The number of aliphatic hydroxyl groups is 1. The van der Waals surface area contributed by atoms with Gasteiger partial charge in [-0.25, -0.2) is 9.97 Å². The van der Waals surface area contributed by atoms with E-state index in [2.05, 4.69) is 143 Å². The number of H-pyrrole nitrogens is 2. The average molecular weight is 659 g/mol. The van der Waals surface area contributed by atoms with Crippen molar-refractivity contribution in [3.8, 4) is 44.5 Å². The van der Waals surface area contributed by atoms with Crippen LogP contribution in [0, 0.1) is 0 Å². The standard InChI is InChI=1S/C46H34N4O/c1-29(51)30-17-19-34(20-18-30)46-41-27-25-39(49-41)44(32-13-7-3-8-14-32)37-23-21-35(47-37)43(31-11-5-2-6-12-31)36-22-24-38(48-36)45(33-15-9-4-10-16-33)40-26-28-42(46)50-40/h2-29,47,50-51H,1H3/t29-/m0/s1. The van der Waals surface area contributed by atoms with Gasteiger partial charge in [-0.1, -0.05) is 115 Å². The third-order valence-electron chi connectivity index (χ3n) is 9.62. The molecule has 1 atom stereocenters. The van der Waals surface area contributed by atoms with Gasteiger partial charge < -0.3 is 15.1 Å². The summed E-state index contributed by atoms with van der Waals surface area (Å²) >= 11 is 0. The third kappa shape index (κ3) is 5.60. The Bertz CT molecular complexity index is 2590. The maximum absolute atomic E-state index is 10.3. The second-order valence-electron chi connectivity index (χ2n) is 12.9. The van der Waals surface area contributed by atoms with Crippen molar-refractivity contribution in [1.82, 2.24) is 19.9 Å². The van der Waals surface area contributed by atoms with Crippen LogP contribution in [0.2, 0.25) is 0 Å². The van der Waals surface area contributed by atoms with E-state index in [1.165, 1.54) is 0 Å². The number of aliphatic hydroxyl groups excluding tert-OH is 1. The number of fused-ring (bicyclic) bond motifs is 8. The third-order valence-corrected chi connectivity index (χ3v) is 9.62. The lowest BCUT2D eigenvalue weighted by Gasteiger charge is -2.08. The largest absolute Gasteiger partial charge is 0.389 e. The maximum Gasteiger partial charge on any atom is 0.0761 e. The Labute approximate surface area is 296 Å². The molecule has 0 radical (unpaired) electrons. The van der Waals surface area contributed by atoms with Gasteiger partial charge in [0.15, 0.2) is 0 Å². The fourth-order valence-corrected chi connectivity index (χ4v) is 7.16. The highest BCUT2D eigenvalue weighted by atomic mass is 16.3. The van der Waals surface area contributed by atoms with Crippen LogP contribution in [0.3, 0.4) is 0 Å². The number of hydrogen-bond acceptors (Lipinski definition) is 3. The molecule has 9 rings (SSSR count). The van der Waals surface area contributed by atoms with Crippen LogP contribution in [0.15, 0.2) is 140 Å². The Hall–Kier alpha value is -6.56. The first-order chi connectivity index (χ1) is 25.1. The first kappa shape index (κ1) is 30.5. The minimum Gasteiger partial charge on any atom is -0.389 e. The van der Waals surface area contributed by atoms with E-state index < -0.39 is 6.10 Å². The number of aromatic amines is 2. The highest BCUT2D eigenvalue weighted by Gasteiger charge is 2.19. The molecule has 0 aliphatic carbocycles. The molecule has 5 heterocycles. The van der Waals surface area contributed by atoms with Crippen LogP contribution in [0.1, 0.15) is 41.4 Å². The van der Waals surface area contributed by atoms with Gasteiger partial charge in [0, 0.05) is 44.3 Å². The van der Waals surface area contributed by atoms with E-state index in [0.717, 1.165) is 94.9 Å². The first-order valence-corrected chi connectivity index (χ1v) is 17.2. The molecule has 2 aliphatic heterocycles. The summed E-state index contributed by atoms with van der Waals surface area (Å²) in [4.78, 5) is 18.3. The average Bonchev–Trinajstić information content (AvgIpc) is 4.01. The van der Waals surface area contributed by atoms with E-state index >= 15 is 0 Å². The van der Waals surface area contributed by atoms with E-state index in [1.54, 1.807) is 6.92 Å². The Morgan fingerprint density at radius 3 is 0.980 bits per heavy atom. The van der Waals surface area contributed by atoms with E-state index in [1.807, 2.05) is 30.3 Å². The fourth-order valence-electron chi connectivity index (χ4n) is 7.16. The zero-order valence-corrected chi connectivity index (χ0v) is 28.0. The summed E-state index contributed by atoms with van der Waals surface area (Å²) in [7, 11) is 0. The molecule has 244 valence electrons. The molecule has 0 unspecified atom stereocenters. The molecule has 0 spiro atoms. The second kappa shape index (κ2) is 12.7. The van der Waals surface area contributed by atoms with E-state index in [-0.39, 0.29) is 0 Å². The Morgan fingerprint density at radius 1 is 0.392 bits per heavy atom. The van der Waals surface area contributed by atoms with Gasteiger partial charge in [-0.3, -0.25) is 0 Å². The quantitative estimate of drug-likeness (QED) is 0.172. The van der Waals surface area contributed by atoms with Crippen molar-refractivity contribution < 1.29 is 5.11 Å². The number of nitrogens with zero attached hydrogens (tertiary/aromatic N) is 2. The Morgan fingerprint density at radius 2 is 0.686 bits per heavy atom. The van der Waals surface area contributed by atoms with Crippen molar-refractivity contribution in [3.63, 3.8) is 0 Å². The summed E-state index contributed by atoms with van der Waals surface area (Å²) in [5, 5.41) is 10.3. The smallest absolute Gasteiger partial charge is 0.0761 e. The summed E-state index contributed by atoms with van der Waals surface area (Å²) in [6.07, 6.45) is 7.90. The van der Waals surface area contributed by atoms with Crippen LogP contribution >= 0.6 is 0 Å². The number of benzene rings is 4. The fraction of sp³-hybridized carbons (Fsp3) is 0.0435. The molecule has 2 aliphatic rings. The van der Waals surface area contributed by atoms with Crippen LogP contribution in [0.5, 0.6) is 0 Å². The summed E-state index contributed by atoms with van der Waals surface area (Å²) in [6, 6.07) is 48.0. The molecule has 8 bridgehead atoms. The number of hydrogen-bond donors (Lipinski definition) is 3. The zero-order chi connectivity index (χ0) is 34.3. The van der Waals surface area contributed by atoms with Crippen molar-refractivity contribution in [3.05, 3.63) is 168 Å². The molecular weight excluding hydrogens is 625 g/mol. The number of nitrogens with one attached hydrogen (secondary N) is 2. The molecule has 5 nitrogen and oxygen atoms in total. The van der Waals surface area contributed by atoms with Crippen LogP contribution in [-0.4, -0.2) is 25.0 Å². The van der Waals surface area contributed by atoms with Crippen molar-refractivity contribution >= 4 is 46.4 Å². The highest BCUT2D eigenvalue weighted by molar-refractivity contribution is 5.99. The first-order valence-electron chi connectivity index (χ1n) is 17.2. The monoisotopic (exact) mass is 658 g/mol. The summed E-state index contributed by atoms with van der Waals surface area (Å²) in [6.45, 7) is 1.79. The van der Waals surface area contributed by atoms with Crippen LogP contribution < -0.4 is 0 Å². The normalized spacial score (nSPS) is 12.7. The van der Waals surface area contributed by atoms with Crippen LogP contribution in [0.4, 0.5) is 0 Å². The lowest BCUT2D eigenvalue weighted by atomic mass is 10.0. The van der Waals surface area contributed by atoms with Gasteiger partial charge >= 0.3 is 0 Å². The molecule has 3 aromatic heterocycles. The van der Waals surface area contributed by atoms with Gasteiger partial charge in [-0.2, -0.15) is 0 Å². The topological polar surface area (TPSA) is 77.6 Å². The lowest BCUT2D eigenvalue weighted by molar-refractivity contribution is 0.199. The predicted octanol–water partition coefficient (Wildman–Crippen LogP) is 11.4. The predicted molar refractivity (Wildman–Crippen MR) is 211 cm³/mol. The molecule has 51 heavy (non-hydrogen) atoms. The summed E-state index contributed by atoms with van der Waals surface area (Å²) < 4.78 is 0. The molecule has 0 fully saturated rings. The summed E-state index contributed by atoms with van der Waals surface area (Å²) in [5.74, 6) is 0. The number of rotatable bonds is 5. The molecule has 3 N–H and O–H groups in total. The van der Waals surface area contributed by atoms with E-state index in [4.69, 9.17) is 9.97 Å². The van der Waals surface area contributed by atoms with Gasteiger partial charge in [-0.15, -0.1) is 0 Å². The van der Waals surface area contributed by atoms with E-state index in [0.29, 0.717) is 0 Å². The SMILES string of the molecule is C[C@H](O)c1ccc(-c2c3nc(c(-c4ccccc4)c4ccc([nH]4)c(-c4ccccc4)c4nc(c(-c5ccccc5)c5ccc2[nH]5)C=C4)C=C3)cc1. The molecular formula is C46H34N4O. The number of aromatic nitrogens is 4. The van der Waals surface area contributed by atoms with Crippen molar-refractivity contribution in [2.45, 2.75) is 13.0 Å². The van der Waals surface area contributed by atoms with Gasteiger partial charge in [0.25, 0.3) is 0 Å². The molecule has 5 heteroatoms. The summed E-state index contributed by atoms with van der Waals surface area (Å²) in [5.41, 5.74) is 16.4. The lowest BCUT2D eigenvalue weighted by Crippen LogP contribution is -1.92. The van der Waals surface area contributed by atoms with Crippen molar-refractivity contribution in [2.24, 2.45) is 0 Å². The van der Waals surface area contributed by atoms with Gasteiger partial charge in [0.2, 0.25) is 0 Å². The molecule has 0 amide bonds. The second-order valence-corrected chi connectivity index (χ2v) is 12.9. The minimum atomic E-state index is -0.555. The van der Waals surface area contributed by atoms with Crippen LogP contribution in [0.25, 0.3) is 90.9 Å². The van der Waals surface area contributed by atoms with Crippen LogP contribution in [-0.2, 0) is 0 Å². The zero-order valence-electron chi connectivity index (χ0n) is 28.0. The van der Waals surface area contributed by atoms with Gasteiger partial charge in [-0.05, 0) is 83.3 Å². The Kier molecular flexibility index (Phi) is 7.60. The van der Waals surface area contributed by atoms with Gasteiger partial charge in [0.1, 0.15) is 0 Å². The molecule has 7 aromatic rings. The van der Waals surface area contributed by atoms with Crippen molar-refractivity contribution in [1.29, 1.82) is 0 Å². The van der Waals surface area contributed by atoms with E-state index in [9.17, 15) is 5.11 Å². The maximum atomic E-state index is 10.3. The van der Waals surface area contributed by atoms with Gasteiger partial charge in [0.05, 0.1) is 28.9 Å².